The summed E-state index contributed by atoms with van der Waals surface area (Å²) in [4.78, 5) is 30.2. The number of nitrogens with zero attached hydrogens (tertiary/aromatic N) is 1. The lowest BCUT2D eigenvalue weighted by Crippen LogP contribution is -2.39. The van der Waals surface area contributed by atoms with Gasteiger partial charge < -0.3 is 10.2 Å². The normalized spacial score (nSPS) is 21.2. The Kier molecular flexibility index (Phi) is 6.49. The number of nitrogens with one attached hydrogen (secondary N) is 1. The number of likely N-dealkylation sites (tertiary alicyclic amines) is 1. The fourth-order valence-corrected chi connectivity index (χ4v) is 6.48. The van der Waals surface area contributed by atoms with Crippen molar-refractivity contribution in [2.24, 2.45) is 17.3 Å². The lowest BCUT2D eigenvalue weighted by Gasteiger charge is -2.34. The van der Waals surface area contributed by atoms with Crippen molar-refractivity contribution >= 4 is 28.2 Å². The predicted octanol–water partition coefficient (Wildman–Crippen LogP) is 6.33. The average Bonchev–Trinajstić information content (AvgIpc) is 3.09. The second kappa shape index (κ2) is 9.01. The molecule has 4 rings (SSSR count). The fourth-order valence-electron chi connectivity index (χ4n) is 5.17. The number of rotatable bonds is 3. The number of amides is 2. The van der Waals surface area contributed by atoms with Gasteiger partial charge in [-0.05, 0) is 73.5 Å². The largest absolute Gasteiger partial charge is 0.338 e. The third-order valence-corrected chi connectivity index (χ3v) is 8.43. The van der Waals surface area contributed by atoms with Gasteiger partial charge in [-0.25, -0.2) is 0 Å². The Morgan fingerprint density at radius 1 is 1.16 bits per heavy atom. The monoisotopic (exact) mass is 452 g/mol. The van der Waals surface area contributed by atoms with Crippen molar-refractivity contribution in [3.63, 3.8) is 0 Å². The highest BCUT2D eigenvalue weighted by Crippen LogP contribution is 2.45. The minimum Gasteiger partial charge on any atom is -0.338 e. The predicted molar refractivity (Wildman–Crippen MR) is 133 cm³/mol. The fraction of sp³-hybridized carbons (Fsp3) is 0.556. The van der Waals surface area contributed by atoms with E-state index in [1.807, 2.05) is 36.1 Å². The Bertz CT molecular complexity index is 1020. The molecule has 1 aromatic carbocycles. The number of thiophene rings is 1. The molecule has 0 saturated carbocycles. The molecule has 1 aromatic heterocycles. The second-order valence-electron chi connectivity index (χ2n) is 10.8. The molecule has 1 fully saturated rings. The maximum atomic E-state index is 13.7. The van der Waals surface area contributed by atoms with Crippen molar-refractivity contribution in [1.82, 2.24) is 4.90 Å². The first-order valence-corrected chi connectivity index (χ1v) is 12.8. The average molecular weight is 453 g/mol. The maximum absolute atomic E-state index is 13.7. The van der Waals surface area contributed by atoms with Crippen LogP contribution < -0.4 is 5.32 Å². The summed E-state index contributed by atoms with van der Waals surface area (Å²) in [5, 5.41) is 3.88. The molecule has 32 heavy (non-hydrogen) atoms. The zero-order chi connectivity index (χ0) is 23.0. The molecule has 0 spiro atoms. The minimum atomic E-state index is -0.130. The Morgan fingerprint density at radius 2 is 1.91 bits per heavy atom. The van der Waals surface area contributed by atoms with E-state index in [-0.39, 0.29) is 17.2 Å². The molecule has 2 unspecified atom stereocenters. The molecular weight excluding hydrogens is 416 g/mol. The molecule has 0 radical (unpaired) electrons. The van der Waals surface area contributed by atoms with Gasteiger partial charge in [0.25, 0.3) is 11.8 Å². The van der Waals surface area contributed by atoms with Crippen LogP contribution in [0.15, 0.2) is 24.3 Å². The number of carbonyl (C=O) groups is 2. The molecule has 4 nitrogen and oxygen atoms in total. The highest BCUT2D eigenvalue weighted by Gasteiger charge is 2.36. The molecule has 2 atom stereocenters. The number of carbonyl (C=O) groups excluding carboxylic acids is 2. The lowest BCUT2D eigenvalue weighted by atomic mass is 9.72. The van der Waals surface area contributed by atoms with Gasteiger partial charge in [0, 0.05) is 23.5 Å². The number of hydrogen-bond acceptors (Lipinski definition) is 3. The van der Waals surface area contributed by atoms with E-state index >= 15 is 0 Å². The third-order valence-electron chi connectivity index (χ3n) is 7.26. The van der Waals surface area contributed by atoms with Crippen LogP contribution in [0.3, 0.4) is 0 Å². The van der Waals surface area contributed by atoms with Crippen molar-refractivity contribution in [2.75, 3.05) is 18.4 Å². The SMILES string of the molecule is Cc1ccccc1C(=O)Nc1sc2c(c1C(=O)N1CCCC(C)C1)CCC(C(C)(C)C)C2. The molecule has 2 aliphatic rings. The highest BCUT2D eigenvalue weighted by molar-refractivity contribution is 7.17. The summed E-state index contributed by atoms with van der Waals surface area (Å²) < 4.78 is 0. The summed E-state index contributed by atoms with van der Waals surface area (Å²) >= 11 is 1.62. The molecule has 2 amide bonds. The molecule has 1 aliphatic heterocycles. The quantitative estimate of drug-likeness (QED) is 0.591. The minimum absolute atomic E-state index is 0.100. The van der Waals surface area contributed by atoms with Crippen LogP contribution in [0.2, 0.25) is 0 Å². The van der Waals surface area contributed by atoms with Gasteiger partial charge in [0.15, 0.2) is 0 Å². The van der Waals surface area contributed by atoms with E-state index in [2.05, 4.69) is 33.0 Å². The van der Waals surface area contributed by atoms with Gasteiger partial charge in [-0.1, -0.05) is 45.9 Å². The van der Waals surface area contributed by atoms with Gasteiger partial charge in [-0.2, -0.15) is 0 Å². The summed E-state index contributed by atoms with van der Waals surface area (Å²) in [6, 6.07) is 7.62. The first-order chi connectivity index (χ1) is 15.1. The van der Waals surface area contributed by atoms with Gasteiger partial charge in [0.1, 0.15) is 5.00 Å². The van der Waals surface area contributed by atoms with Gasteiger partial charge in [0.2, 0.25) is 0 Å². The Balaban J connectivity index is 1.70. The van der Waals surface area contributed by atoms with E-state index in [9.17, 15) is 9.59 Å². The smallest absolute Gasteiger partial charge is 0.257 e. The zero-order valence-electron chi connectivity index (χ0n) is 20.1. The molecule has 172 valence electrons. The van der Waals surface area contributed by atoms with Gasteiger partial charge in [-0.3, -0.25) is 9.59 Å². The highest BCUT2D eigenvalue weighted by atomic mass is 32.1. The first kappa shape index (κ1) is 23.0. The Labute approximate surface area is 196 Å². The summed E-state index contributed by atoms with van der Waals surface area (Å²) in [5.74, 6) is 1.09. The lowest BCUT2D eigenvalue weighted by molar-refractivity contribution is 0.0683. The summed E-state index contributed by atoms with van der Waals surface area (Å²) in [7, 11) is 0. The van der Waals surface area contributed by atoms with E-state index in [1.54, 1.807) is 11.3 Å². The van der Waals surface area contributed by atoms with Gasteiger partial charge >= 0.3 is 0 Å². The zero-order valence-corrected chi connectivity index (χ0v) is 20.9. The Hall–Kier alpha value is -2.14. The van der Waals surface area contributed by atoms with Crippen LogP contribution >= 0.6 is 11.3 Å². The number of piperidine rings is 1. The third kappa shape index (κ3) is 4.63. The van der Waals surface area contributed by atoms with Gasteiger partial charge in [-0.15, -0.1) is 11.3 Å². The van der Waals surface area contributed by atoms with Crippen molar-refractivity contribution in [3.8, 4) is 0 Å². The number of hydrogen-bond donors (Lipinski definition) is 1. The van der Waals surface area contributed by atoms with Crippen molar-refractivity contribution in [1.29, 1.82) is 0 Å². The van der Waals surface area contributed by atoms with Crippen LogP contribution in [0, 0.1) is 24.2 Å². The molecule has 2 heterocycles. The molecule has 2 aromatic rings. The summed E-state index contributed by atoms with van der Waals surface area (Å²) in [6.45, 7) is 12.7. The number of benzene rings is 1. The topological polar surface area (TPSA) is 49.4 Å². The molecular formula is C27H36N2O2S. The maximum Gasteiger partial charge on any atom is 0.257 e. The molecule has 5 heteroatoms. The van der Waals surface area contributed by atoms with Crippen LogP contribution in [0.1, 0.15) is 83.7 Å². The first-order valence-electron chi connectivity index (χ1n) is 12.0. The Morgan fingerprint density at radius 3 is 2.59 bits per heavy atom. The standard InChI is InChI=1S/C27H36N2O2S/c1-17-9-8-14-29(16-17)26(31)23-21-13-12-19(27(3,4)5)15-22(21)32-25(23)28-24(30)20-11-7-6-10-18(20)2/h6-7,10-11,17,19H,8-9,12-16H2,1-5H3,(H,28,30). The van der Waals surface area contributed by atoms with E-state index in [4.69, 9.17) is 0 Å². The number of anilines is 1. The second-order valence-corrected chi connectivity index (χ2v) is 11.9. The van der Waals surface area contributed by atoms with E-state index in [1.165, 1.54) is 16.9 Å². The van der Waals surface area contributed by atoms with Crippen molar-refractivity contribution in [2.45, 2.75) is 66.7 Å². The van der Waals surface area contributed by atoms with Gasteiger partial charge in [0.05, 0.1) is 5.56 Å². The van der Waals surface area contributed by atoms with Crippen LogP contribution in [0.5, 0.6) is 0 Å². The number of aryl methyl sites for hydroxylation is 1. The summed E-state index contributed by atoms with van der Waals surface area (Å²) in [6.07, 6.45) is 5.22. The van der Waals surface area contributed by atoms with Crippen molar-refractivity contribution in [3.05, 3.63) is 51.4 Å². The van der Waals surface area contributed by atoms with Crippen LogP contribution in [0.4, 0.5) is 5.00 Å². The van der Waals surface area contributed by atoms with Crippen LogP contribution in [0.25, 0.3) is 0 Å². The van der Waals surface area contributed by atoms with Crippen LogP contribution in [-0.4, -0.2) is 29.8 Å². The van der Waals surface area contributed by atoms with E-state index in [0.29, 0.717) is 17.4 Å². The molecule has 0 bridgehead atoms. The summed E-state index contributed by atoms with van der Waals surface area (Å²) in [5.41, 5.74) is 3.78. The number of fused-ring (bicyclic) bond motifs is 1. The molecule has 1 saturated heterocycles. The van der Waals surface area contributed by atoms with Crippen LogP contribution in [-0.2, 0) is 12.8 Å². The van der Waals surface area contributed by atoms with E-state index < -0.39 is 0 Å². The molecule has 1 aliphatic carbocycles. The molecule has 1 N–H and O–H groups in total. The van der Waals surface area contributed by atoms with Crippen molar-refractivity contribution < 1.29 is 9.59 Å². The van der Waals surface area contributed by atoms with E-state index in [0.717, 1.165) is 54.9 Å².